The molecule has 0 aliphatic heterocycles. The lowest BCUT2D eigenvalue weighted by molar-refractivity contribution is -0.404. The van der Waals surface area contributed by atoms with Crippen LogP contribution in [0.1, 0.15) is 23.6 Å². The molecule has 15 heteroatoms. The molecule has 248 valence electrons. The number of carbonyl (C=O) groups excluding carboxylic acids is 1. The van der Waals surface area contributed by atoms with E-state index in [1.807, 2.05) is 17.9 Å². The van der Waals surface area contributed by atoms with Crippen LogP contribution in [0.25, 0.3) is 5.57 Å². The number of benzene rings is 2. The van der Waals surface area contributed by atoms with Gasteiger partial charge in [0.25, 0.3) is 6.20 Å². The van der Waals surface area contributed by atoms with Gasteiger partial charge in [-0.05, 0) is 36.8 Å². The van der Waals surface area contributed by atoms with Crippen LogP contribution in [0.3, 0.4) is 0 Å². The fourth-order valence-electron chi connectivity index (χ4n) is 4.03. The van der Waals surface area contributed by atoms with Crippen LogP contribution in [0.5, 0.6) is 23.3 Å². The van der Waals surface area contributed by atoms with E-state index in [1.54, 1.807) is 67.8 Å². The van der Waals surface area contributed by atoms with Gasteiger partial charge in [-0.15, -0.1) is 0 Å². The molecule has 48 heavy (non-hydrogen) atoms. The highest BCUT2D eigenvalue weighted by molar-refractivity contribution is 6.29. The average molecular weight is 674 g/mol. The summed E-state index contributed by atoms with van der Waals surface area (Å²) >= 11 is 5.70. The first-order chi connectivity index (χ1) is 23.2. The van der Waals surface area contributed by atoms with Crippen molar-refractivity contribution in [3.8, 4) is 29.3 Å². The molecule has 0 atom stereocenters. The van der Waals surface area contributed by atoms with E-state index in [4.69, 9.17) is 30.5 Å². The number of nitro groups is 1. The monoisotopic (exact) mass is 673 g/mol. The number of nitrogens with zero attached hydrogens (tertiary/aromatic N) is 6. The van der Waals surface area contributed by atoms with E-state index >= 15 is 0 Å². The number of methoxy groups -OCH3 is 2. The second-order valence-electron chi connectivity index (χ2n) is 9.31. The minimum absolute atomic E-state index is 0.184. The largest absolute Gasteiger partial charge is 0.503 e. The van der Waals surface area contributed by atoms with Gasteiger partial charge < -0.3 is 29.2 Å². The third-order valence-corrected chi connectivity index (χ3v) is 6.46. The highest BCUT2D eigenvalue weighted by Crippen LogP contribution is 2.32. The van der Waals surface area contributed by atoms with Crippen molar-refractivity contribution in [2.75, 3.05) is 27.8 Å². The molecular formula is C33H32ClN7O7. The van der Waals surface area contributed by atoms with E-state index < -0.39 is 10.9 Å². The normalized spacial score (nSPS) is 10.8. The molecule has 0 aliphatic carbocycles. The van der Waals surface area contributed by atoms with Crippen molar-refractivity contribution in [1.82, 2.24) is 25.2 Å². The number of nitrogens with one attached hydrogen (secondary N) is 1. The number of para-hydroxylation sites is 2. The van der Waals surface area contributed by atoms with Gasteiger partial charge in [-0.3, -0.25) is 10.1 Å². The quantitative estimate of drug-likeness (QED) is 0.0441. The summed E-state index contributed by atoms with van der Waals surface area (Å²) in [5, 5.41) is 23.0. The minimum Gasteiger partial charge on any atom is -0.503 e. The summed E-state index contributed by atoms with van der Waals surface area (Å²) in [5.74, 6) is 0.976. The van der Waals surface area contributed by atoms with Crippen LogP contribution < -0.4 is 14.8 Å². The molecule has 14 nitrogen and oxygen atoms in total. The highest BCUT2D eigenvalue weighted by atomic mass is 35.5. The number of carbonyl (C=O) groups is 1. The van der Waals surface area contributed by atoms with E-state index in [1.165, 1.54) is 32.9 Å². The number of halogens is 1. The molecule has 0 bridgehead atoms. The molecule has 0 fully saturated rings. The second kappa shape index (κ2) is 18.7. The number of esters is 1. The minimum atomic E-state index is -0.576. The van der Waals surface area contributed by atoms with Crippen LogP contribution in [-0.4, -0.2) is 58.6 Å². The molecule has 2 aromatic heterocycles. The molecule has 0 amide bonds. The van der Waals surface area contributed by atoms with Crippen LogP contribution in [-0.2, 0) is 20.8 Å². The number of ether oxygens (including phenoxy) is 4. The van der Waals surface area contributed by atoms with Gasteiger partial charge in [0.15, 0.2) is 5.82 Å². The molecule has 4 rings (SSSR count). The van der Waals surface area contributed by atoms with Gasteiger partial charge in [-0.1, -0.05) is 48.0 Å². The van der Waals surface area contributed by atoms with Crippen molar-refractivity contribution in [3.63, 3.8) is 0 Å². The molecule has 0 saturated heterocycles. The second-order valence-corrected chi connectivity index (χ2v) is 9.70. The lowest BCUT2D eigenvalue weighted by atomic mass is 10.1. The Kier molecular flexibility index (Phi) is 14.1. The first-order valence-electron chi connectivity index (χ1n) is 14.2. The number of nitriles is 1. The van der Waals surface area contributed by atoms with Crippen molar-refractivity contribution in [1.29, 1.82) is 5.26 Å². The predicted molar refractivity (Wildman–Crippen MR) is 176 cm³/mol. The Morgan fingerprint density at radius 1 is 1.04 bits per heavy atom. The van der Waals surface area contributed by atoms with Crippen molar-refractivity contribution in [2.24, 2.45) is 0 Å². The maximum absolute atomic E-state index is 12.1. The SMILES string of the molecule is CCN(Cc1ccc(Cl)nc1)/C(=C/[N+](=O)[O-])NC.CO/C=C(/C(=O)OC)c1ccccc1Oc1cc(Oc2ccccc2C#N)ncn1. The number of hydrogen-bond acceptors (Lipinski definition) is 13. The maximum Gasteiger partial charge on any atom is 0.341 e. The molecule has 4 aromatic rings. The summed E-state index contributed by atoms with van der Waals surface area (Å²) in [6.07, 6.45) is 5.16. The first-order valence-corrected chi connectivity index (χ1v) is 14.6. The molecule has 2 aromatic carbocycles. The van der Waals surface area contributed by atoms with Crippen molar-refractivity contribution in [3.05, 3.63) is 129 Å². The molecule has 0 aliphatic rings. The van der Waals surface area contributed by atoms with E-state index in [0.29, 0.717) is 46.7 Å². The topological polar surface area (TPSA) is 175 Å². The molecule has 0 unspecified atom stereocenters. The zero-order chi connectivity index (χ0) is 34.9. The fourth-order valence-corrected chi connectivity index (χ4v) is 4.14. The van der Waals surface area contributed by atoms with Gasteiger partial charge in [-0.2, -0.15) is 5.26 Å². The van der Waals surface area contributed by atoms with Gasteiger partial charge >= 0.3 is 5.97 Å². The summed E-state index contributed by atoms with van der Waals surface area (Å²) in [6, 6.07) is 20.7. The fraction of sp³-hybridized carbons (Fsp3) is 0.182. The summed E-state index contributed by atoms with van der Waals surface area (Å²) in [5.41, 5.74) is 1.95. The Balaban J connectivity index is 0.000000297. The van der Waals surface area contributed by atoms with E-state index in [-0.39, 0.29) is 17.3 Å². The van der Waals surface area contributed by atoms with Gasteiger partial charge in [0.05, 0.1) is 37.0 Å². The van der Waals surface area contributed by atoms with E-state index in [2.05, 4.69) is 26.3 Å². The van der Waals surface area contributed by atoms with Gasteiger partial charge in [0.2, 0.25) is 11.8 Å². The first kappa shape index (κ1) is 36.3. The Bertz CT molecular complexity index is 1790. The lowest BCUT2D eigenvalue weighted by Gasteiger charge is -2.23. The molecule has 1 N–H and O–H groups in total. The summed E-state index contributed by atoms with van der Waals surface area (Å²) in [7, 11) is 4.36. The molecule has 0 saturated carbocycles. The molecule has 2 heterocycles. The van der Waals surface area contributed by atoms with Crippen LogP contribution in [0.15, 0.2) is 97.5 Å². The van der Waals surface area contributed by atoms with Crippen molar-refractivity contribution in [2.45, 2.75) is 13.5 Å². The summed E-state index contributed by atoms with van der Waals surface area (Å²) in [4.78, 5) is 36.1. The Morgan fingerprint density at radius 3 is 2.29 bits per heavy atom. The van der Waals surface area contributed by atoms with Gasteiger partial charge in [0.1, 0.15) is 34.6 Å². The van der Waals surface area contributed by atoms with Crippen molar-refractivity contribution >= 4 is 23.1 Å². The smallest absolute Gasteiger partial charge is 0.341 e. The molecule has 0 radical (unpaired) electrons. The summed E-state index contributed by atoms with van der Waals surface area (Å²) in [6.45, 7) is 3.10. The summed E-state index contributed by atoms with van der Waals surface area (Å²) < 4.78 is 21.4. The Labute approximate surface area is 282 Å². The van der Waals surface area contributed by atoms with Crippen LogP contribution >= 0.6 is 11.6 Å². The van der Waals surface area contributed by atoms with Crippen molar-refractivity contribution < 1.29 is 28.7 Å². The van der Waals surface area contributed by atoms with Crippen LogP contribution in [0.2, 0.25) is 5.15 Å². The number of aromatic nitrogens is 3. The Hall–Kier alpha value is -6.20. The third-order valence-electron chi connectivity index (χ3n) is 6.24. The standard InChI is InChI=1S/C22H17N3O5.C11H15ClN4O2/c1-27-13-17(22(26)28-2)16-8-4-6-10-19(16)30-21-11-20(24-14-25-21)29-18-9-5-3-7-15(18)12-23;1-3-15(11(13-2)8-16(17)18)7-9-4-5-10(12)14-6-9/h3-11,13-14H,1-2H3;4-6,8,13H,3,7H2,1-2H3/b17-13+;11-8+. The third kappa shape index (κ3) is 10.7. The highest BCUT2D eigenvalue weighted by Gasteiger charge is 2.19. The molecule has 0 spiro atoms. The lowest BCUT2D eigenvalue weighted by Crippen LogP contribution is -2.30. The number of pyridine rings is 1. The molecular weight excluding hydrogens is 642 g/mol. The van der Waals surface area contributed by atoms with Gasteiger partial charge in [0, 0.05) is 31.9 Å². The predicted octanol–water partition coefficient (Wildman–Crippen LogP) is 5.95. The van der Waals surface area contributed by atoms with Gasteiger partial charge in [-0.25, -0.2) is 19.7 Å². The van der Waals surface area contributed by atoms with E-state index in [9.17, 15) is 20.2 Å². The zero-order valence-electron chi connectivity index (χ0n) is 26.5. The maximum atomic E-state index is 12.1. The van der Waals surface area contributed by atoms with Crippen LogP contribution in [0.4, 0.5) is 0 Å². The van der Waals surface area contributed by atoms with Crippen LogP contribution in [0, 0.1) is 21.4 Å². The number of rotatable bonds is 13. The number of hydrogen-bond donors (Lipinski definition) is 1. The average Bonchev–Trinajstić information content (AvgIpc) is 3.10. The van der Waals surface area contributed by atoms with E-state index in [0.717, 1.165) is 11.8 Å². The zero-order valence-corrected chi connectivity index (χ0v) is 27.2. The Morgan fingerprint density at radius 2 is 1.71 bits per heavy atom.